The highest BCUT2D eigenvalue weighted by atomic mass is 16.7. The summed E-state index contributed by atoms with van der Waals surface area (Å²) in [5.41, 5.74) is -2.97. The third kappa shape index (κ3) is 6.97. The van der Waals surface area contributed by atoms with E-state index >= 15 is 0 Å². The van der Waals surface area contributed by atoms with Gasteiger partial charge in [0.25, 0.3) is 0 Å². The van der Waals surface area contributed by atoms with Gasteiger partial charge in [-0.25, -0.2) is 4.79 Å². The summed E-state index contributed by atoms with van der Waals surface area (Å²) in [6.07, 6.45) is 2.61. The Morgan fingerprint density at radius 1 is 0.927 bits per heavy atom. The van der Waals surface area contributed by atoms with Crippen molar-refractivity contribution in [3.8, 4) is 0 Å². The Bertz CT molecular complexity index is 1620. The van der Waals surface area contributed by atoms with E-state index in [1.165, 1.54) is 20.1 Å². The number of esters is 1. The first-order chi connectivity index (χ1) is 26.0. The number of rotatable bonds is 9. The van der Waals surface area contributed by atoms with Gasteiger partial charge in [0, 0.05) is 43.3 Å². The van der Waals surface area contributed by atoms with Gasteiger partial charge in [-0.05, 0) is 82.8 Å². The fourth-order valence-corrected chi connectivity index (χ4v) is 11.5. The largest absolute Gasteiger partial charge is 0.458 e. The van der Waals surface area contributed by atoms with Crippen molar-refractivity contribution in [2.75, 3.05) is 7.11 Å². The Balaban J connectivity index is 1.05. The molecule has 55 heavy (non-hydrogen) atoms. The second-order valence-electron chi connectivity index (χ2n) is 17.5. The maximum absolute atomic E-state index is 13.4. The van der Waals surface area contributed by atoms with E-state index in [2.05, 4.69) is 13.0 Å². The van der Waals surface area contributed by atoms with Crippen molar-refractivity contribution in [1.82, 2.24) is 0 Å². The molecule has 4 aliphatic carbocycles. The van der Waals surface area contributed by atoms with Gasteiger partial charge < -0.3 is 48.8 Å². The van der Waals surface area contributed by atoms with E-state index in [9.17, 15) is 30.0 Å². The van der Waals surface area contributed by atoms with Crippen LogP contribution >= 0.6 is 0 Å². The van der Waals surface area contributed by atoms with Crippen molar-refractivity contribution in [3.05, 3.63) is 53.6 Å². The highest BCUT2D eigenvalue weighted by Gasteiger charge is 2.77. The first-order valence-corrected chi connectivity index (χ1v) is 20.1. The van der Waals surface area contributed by atoms with Crippen molar-refractivity contribution in [2.45, 2.75) is 165 Å². The van der Waals surface area contributed by atoms with Gasteiger partial charge in [-0.2, -0.15) is 0 Å². The van der Waals surface area contributed by atoms with E-state index in [1.807, 2.05) is 44.2 Å². The van der Waals surface area contributed by atoms with Crippen molar-refractivity contribution in [2.24, 2.45) is 22.7 Å². The van der Waals surface area contributed by atoms with Crippen LogP contribution in [-0.4, -0.2) is 112 Å². The molecule has 6 aliphatic rings. The van der Waals surface area contributed by atoms with Crippen LogP contribution in [0.25, 0.3) is 6.08 Å². The fraction of sp³-hybridized carbons (Fsp3) is 0.721. The molecule has 16 atom stereocenters. The third-order valence-electron chi connectivity index (χ3n) is 14.6. The number of Topliss-reactive ketones (excluding diaryl/α,β-unsaturated/α-hetero) is 1. The van der Waals surface area contributed by atoms with Gasteiger partial charge in [-0.15, -0.1) is 0 Å². The minimum absolute atomic E-state index is 0.0870. The molecule has 0 spiro atoms. The Morgan fingerprint density at radius 3 is 2.33 bits per heavy atom. The summed E-state index contributed by atoms with van der Waals surface area (Å²) in [6.45, 7) is 9.07. The van der Waals surface area contributed by atoms with Crippen LogP contribution in [0.1, 0.15) is 98.0 Å². The molecule has 304 valence electrons. The predicted octanol–water partition coefficient (Wildman–Crippen LogP) is 4.40. The van der Waals surface area contributed by atoms with E-state index < -0.39 is 95.1 Å². The average Bonchev–Trinajstić information content (AvgIpc) is 3.44. The first-order valence-electron chi connectivity index (χ1n) is 20.1. The second-order valence-corrected chi connectivity index (χ2v) is 17.5. The zero-order valence-electron chi connectivity index (χ0n) is 33.0. The van der Waals surface area contributed by atoms with Crippen molar-refractivity contribution in [1.29, 1.82) is 0 Å². The maximum atomic E-state index is 13.4. The molecule has 7 rings (SSSR count). The number of hydrogen-bond acceptors (Lipinski definition) is 12. The van der Waals surface area contributed by atoms with E-state index in [4.69, 9.17) is 28.4 Å². The number of benzene rings is 1. The Kier molecular flexibility index (Phi) is 11.3. The molecule has 2 aliphatic heterocycles. The van der Waals surface area contributed by atoms with Gasteiger partial charge in [0.05, 0.1) is 30.5 Å². The molecule has 3 saturated carbocycles. The van der Waals surface area contributed by atoms with Gasteiger partial charge in [0.2, 0.25) is 0 Å². The molecule has 2 heterocycles. The van der Waals surface area contributed by atoms with Crippen LogP contribution in [0.4, 0.5) is 0 Å². The minimum Gasteiger partial charge on any atom is -0.458 e. The number of carbonyl (C=O) groups is 2. The van der Waals surface area contributed by atoms with Crippen molar-refractivity contribution >= 4 is 17.8 Å². The molecule has 1 aromatic rings. The van der Waals surface area contributed by atoms with Gasteiger partial charge >= 0.3 is 5.97 Å². The summed E-state index contributed by atoms with van der Waals surface area (Å²) in [4.78, 5) is 26.5. The molecular weight excluding hydrogens is 708 g/mol. The van der Waals surface area contributed by atoms with Crippen molar-refractivity contribution in [3.63, 3.8) is 0 Å². The Morgan fingerprint density at radius 2 is 1.64 bits per heavy atom. The number of ketones is 1. The van der Waals surface area contributed by atoms with Crippen LogP contribution in [0, 0.1) is 22.7 Å². The average molecular weight is 769 g/mol. The zero-order valence-corrected chi connectivity index (χ0v) is 33.0. The lowest BCUT2D eigenvalue weighted by molar-refractivity contribution is -0.318. The summed E-state index contributed by atoms with van der Waals surface area (Å²) in [6, 6.07) is 9.44. The highest BCUT2D eigenvalue weighted by Crippen LogP contribution is 2.70. The van der Waals surface area contributed by atoms with Crippen LogP contribution in [0.3, 0.4) is 0 Å². The fourth-order valence-electron chi connectivity index (χ4n) is 11.5. The first kappa shape index (κ1) is 40.7. The summed E-state index contributed by atoms with van der Waals surface area (Å²) in [7, 11) is 1.54. The van der Waals surface area contributed by atoms with E-state index in [0.717, 1.165) is 11.1 Å². The topological polar surface area (TPSA) is 170 Å². The molecule has 0 amide bonds. The van der Waals surface area contributed by atoms with Crippen LogP contribution < -0.4 is 0 Å². The summed E-state index contributed by atoms with van der Waals surface area (Å²) in [5.74, 6) is -1.67. The smallest absolute Gasteiger partial charge is 0.331 e. The SMILES string of the molecule is CO[C@@H]1C[C@H](O[C@H]2[C@@H](O)C[C@H](O[C@H]3CC[C@@]4(C)C(=CC[C@]5(O)[C@@H]4C[C@@H](OC(=O)/C=C/c4ccccc4)[C@]4(C)[C@H](C(C)=O)CC[C@@]45O)C3)O[C@@H]2C)O[C@H](C)[C@H]1O. The lowest BCUT2D eigenvalue weighted by atomic mass is 9.43. The summed E-state index contributed by atoms with van der Waals surface area (Å²) < 4.78 is 36.5. The number of aliphatic hydroxyl groups excluding tert-OH is 2. The van der Waals surface area contributed by atoms with E-state index in [0.29, 0.717) is 38.5 Å². The molecule has 0 unspecified atom stereocenters. The molecule has 0 bridgehead atoms. The third-order valence-corrected chi connectivity index (χ3v) is 14.6. The lowest BCUT2D eigenvalue weighted by Gasteiger charge is -2.66. The molecule has 0 aromatic heterocycles. The normalized spacial score (nSPS) is 47.0. The summed E-state index contributed by atoms with van der Waals surface area (Å²) >= 11 is 0. The summed E-state index contributed by atoms with van der Waals surface area (Å²) in [5, 5.41) is 47.1. The van der Waals surface area contributed by atoms with Crippen molar-refractivity contribution < 1.29 is 58.4 Å². The molecule has 12 heteroatoms. The molecule has 4 N–H and O–H groups in total. The van der Waals surface area contributed by atoms with Gasteiger partial charge in [0.15, 0.2) is 12.6 Å². The molecule has 0 radical (unpaired) electrons. The molecule has 12 nitrogen and oxygen atoms in total. The van der Waals surface area contributed by atoms with Gasteiger partial charge in [-0.1, -0.05) is 55.8 Å². The van der Waals surface area contributed by atoms with E-state index in [1.54, 1.807) is 13.0 Å². The number of ether oxygens (including phenoxy) is 6. The zero-order chi connectivity index (χ0) is 39.5. The van der Waals surface area contributed by atoms with E-state index in [-0.39, 0.29) is 31.1 Å². The Labute approximate surface area is 324 Å². The highest BCUT2D eigenvalue weighted by molar-refractivity contribution is 5.87. The lowest BCUT2D eigenvalue weighted by Crippen LogP contribution is -2.75. The van der Waals surface area contributed by atoms with Crippen LogP contribution in [0.2, 0.25) is 0 Å². The van der Waals surface area contributed by atoms with Crippen LogP contribution in [0.15, 0.2) is 48.1 Å². The number of aliphatic hydroxyl groups is 4. The standard InChI is InChI=1S/C43H60O12/c1-24(44)30-16-19-43(49)41(30,5)34(54-35(46)13-12-27-10-8-7-9-11-27)23-33-40(4)17-15-29(20-28(40)14-18-42(33,43)48)53-36-21-31(45)39(26(3)52-36)55-37-22-32(50-6)38(47)25(2)51-37/h7-14,25-26,29-34,36-39,45,47-49H,15-23H2,1-6H3/b13-12+/t25-,26-,29+,30+,31+,32-,33-,34-,36+,37+,38-,39-,40+,41+,42+,43-/m1/s1. The number of carbonyl (C=O) groups excluding carboxylic acids is 2. The van der Waals surface area contributed by atoms with Gasteiger partial charge in [-0.3, -0.25) is 4.79 Å². The number of fused-ring (bicyclic) bond motifs is 5. The monoisotopic (exact) mass is 768 g/mol. The molecule has 2 saturated heterocycles. The molecule has 5 fully saturated rings. The van der Waals surface area contributed by atoms with Gasteiger partial charge in [0.1, 0.15) is 35.3 Å². The Hall–Kier alpha value is -2.52. The quantitative estimate of drug-likeness (QED) is 0.159. The molecule has 1 aromatic carbocycles. The van der Waals surface area contributed by atoms with Crippen LogP contribution in [0.5, 0.6) is 0 Å². The van der Waals surface area contributed by atoms with Crippen LogP contribution in [-0.2, 0) is 38.0 Å². The number of hydrogen-bond donors (Lipinski definition) is 4. The molecular formula is C43H60O12. The number of methoxy groups -OCH3 is 1. The predicted molar refractivity (Wildman–Crippen MR) is 200 cm³/mol. The maximum Gasteiger partial charge on any atom is 0.331 e. The second kappa shape index (κ2) is 15.3. The minimum atomic E-state index is -1.67.